The maximum atomic E-state index is 6.23. The van der Waals surface area contributed by atoms with Gasteiger partial charge in [-0.05, 0) is 31.5 Å². The molecule has 1 rings (SSSR count). The van der Waals surface area contributed by atoms with Gasteiger partial charge in [-0.1, -0.05) is 50.1 Å². The second-order valence-electron chi connectivity index (χ2n) is 5.19. The highest BCUT2D eigenvalue weighted by Gasteiger charge is 2.19. The topological polar surface area (TPSA) is 29.3 Å². The van der Waals surface area contributed by atoms with Crippen molar-refractivity contribution < 1.29 is 0 Å². The van der Waals surface area contributed by atoms with Gasteiger partial charge < -0.3 is 5.73 Å². The predicted molar refractivity (Wildman–Crippen MR) is 79.9 cm³/mol. The Balaban J connectivity index is 2.67. The quantitative estimate of drug-likeness (QED) is 0.852. The Kier molecular flexibility index (Phi) is 6.13. The molecule has 102 valence electrons. The van der Waals surface area contributed by atoms with Crippen LogP contribution in [0.3, 0.4) is 0 Å². The molecule has 0 fully saturated rings. The summed E-state index contributed by atoms with van der Waals surface area (Å²) in [6, 6.07) is 8.51. The highest BCUT2D eigenvalue weighted by Crippen LogP contribution is 2.26. The van der Waals surface area contributed by atoms with Gasteiger partial charge in [-0.3, -0.25) is 4.90 Å². The fourth-order valence-electron chi connectivity index (χ4n) is 2.02. The zero-order valence-corrected chi connectivity index (χ0v) is 12.6. The van der Waals surface area contributed by atoms with Gasteiger partial charge in [0.25, 0.3) is 0 Å². The van der Waals surface area contributed by atoms with Crippen LogP contribution in [0.2, 0.25) is 5.02 Å². The lowest BCUT2D eigenvalue weighted by atomic mass is 9.98. The van der Waals surface area contributed by atoms with Crippen LogP contribution < -0.4 is 5.73 Å². The zero-order chi connectivity index (χ0) is 13.7. The van der Waals surface area contributed by atoms with Crippen molar-refractivity contribution in [1.82, 2.24) is 4.90 Å². The van der Waals surface area contributed by atoms with Gasteiger partial charge in [0.2, 0.25) is 0 Å². The summed E-state index contributed by atoms with van der Waals surface area (Å²) in [6.07, 6.45) is 1.12. The van der Waals surface area contributed by atoms with E-state index >= 15 is 0 Å². The second kappa shape index (κ2) is 7.13. The molecule has 0 aliphatic heterocycles. The Morgan fingerprint density at radius 3 is 2.44 bits per heavy atom. The average molecular weight is 269 g/mol. The Morgan fingerprint density at radius 2 is 1.89 bits per heavy atom. The Morgan fingerprint density at radius 1 is 1.28 bits per heavy atom. The van der Waals surface area contributed by atoms with Gasteiger partial charge in [-0.2, -0.15) is 0 Å². The standard InChI is InChI=1S/C15H25ClN2/c1-5-11(2)15(17)10-18(4)12(3)13-8-6-7-9-14(13)16/h6-9,11-12,15H,5,10,17H2,1-4H3. The Bertz CT molecular complexity index is 367. The summed E-state index contributed by atoms with van der Waals surface area (Å²) in [4.78, 5) is 2.28. The van der Waals surface area contributed by atoms with Crippen molar-refractivity contribution in [2.45, 2.75) is 39.3 Å². The monoisotopic (exact) mass is 268 g/mol. The minimum absolute atomic E-state index is 0.213. The van der Waals surface area contributed by atoms with Crippen LogP contribution >= 0.6 is 11.6 Å². The van der Waals surface area contributed by atoms with E-state index in [4.69, 9.17) is 17.3 Å². The highest BCUT2D eigenvalue weighted by atomic mass is 35.5. The van der Waals surface area contributed by atoms with Crippen LogP contribution in [0.15, 0.2) is 24.3 Å². The van der Waals surface area contributed by atoms with Gasteiger partial charge in [0.1, 0.15) is 0 Å². The summed E-state index contributed by atoms with van der Waals surface area (Å²) >= 11 is 6.23. The second-order valence-corrected chi connectivity index (χ2v) is 5.59. The molecule has 3 unspecified atom stereocenters. The van der Waals surface area contributed by atoms with E-state index in [9.17, 15) is 0 Å². The molecule has 1 aromatic rings. The fraction of sp³-hybridized carbons (Fsp3) is 0.600. The first-order chi connectivity index (χ1) is 8.47. The number of nitrogens with zero attached hydrogens (tertiary/aromatic N) is 1. The van der Waals surface area contributed by atoms with E-state index in [1.165, 1.54) is 0 Å². The molecule has 3 atom stereocenters. The lowest BCUT2D eigenvalue weighted by Gasteiger charge is -2.30. The first-order valence-electron chi connectivity index (χ1n) is 6.67. The van der Waals surface area contributed by atoms with E-state index in [1.54, 1.807) is 0 Å². The van der Waals surface area contributed by atoms with Crippen LogP contribution in [-0.4, -0.2) is 24.5 Å². The van der Waals surface area contributed by atoms with E-state index < -0.39 is 0 Å². The van der Waals surface area contributed by atoms with Crippen LogP contribution in [-0.2, 0) is 0 Å². The molecule has 0 saturated carbocycles. The van der Waals surface area contributed by atoms with Gasteiger partial charge >= 0.3 is 0 Å². The number of hydrogen-bond acceptors (Lipinski definition) is 2. The minimum atomic E-state index is 0.213. The molecule has 0 aromatic heterocycles. The SMILES string of the molecule is CCC(C)C(N)CN(C)C(C)c1ccccc1Cl. The third kappa shape index (κ3) is 3.98. The van der Waals surface area contributed by atoms with E-state index in [1.807, 2.05) is 18.2 Å². The molecule has 0 heterocycles. The van der Waals surface area contributed by atoms with Crippen molar-refractivity contribution >= 4 is 11.6 Å². The number of nitrogens with two attached hydrogens (primary N) is 1. The molecule has 0 aliphatic rings. The molecular weight excluding hydrogens is 244 g/mol. The molecule has 0 bridgehead atoms. The summed E-state index contributed by atoms with van der Waals surface area (Å²) in [6.45, 7) is 7.45. The van der Waals surface area contributed by atoms with Gasteiger partial charge in [-0.25, -0.2) is 0 Å². The fourth-order valence-corrected chi connectivity index (χ4v) is 2.32. The van der Waals surface area contributed by atoms with E-state index in [0.717, 1.165) is 23.6 Å². The molecule has 1 aromatic carbocycles. The summed E-state index contributed by atoms with van der Waals surface area (Å²) in [5.41, 5.74) is 7.37. The van der Waals surface area contributed by atoms with Crippen molar-refractivity contribution in [3.8, 4) is 0 Å². The molecule has 2 N–H and O–H groups in total. The highest BCUT2D eigenvalue weighted by molar-refractivity contribution is 6.31. The Labute approximate surface area is 116 Å². The summed E-state index contributed by atoms with van der Waals surface area (Å²) in [5, 5.41) is 0.828. The van der Waals surface area contributed by atoms with Crippen LogP contribution in [0, 0.1) is 5.92 Å². The third-order valence-electron chi connectivity index (χ3n) is 3.89. The largest absolute Gasteiger partial charge is 0.326 e. The van der Waals surface area contributed by atoms with Crippen molar-refractivity contribution in [2.24, 2.45) is 11.7 Å². The molecule has 0 aliphatic carbocycles. The van der Waals surface area contributed by atoms with Crippen molar-refractivity contribution in [3.63, 3.8) is 0 Å². The summed E-state index contributed by atoms with van der Waals surface area (Å²) in [5.74, 6) is 0.547. The molecule has 3 heteroatoms. The molecule has 18 heavy (non-hydrogen) atoms. The van der Waals surface area contributed by atoms with Gasteiger partial charge in [-0.15, -0.1) is 0 Å². The Hall–Kier alpha value is -0.570. The van der Waals surface area contributed by atoms with Gasteiger partial charge in [0.15, 0.2) is 0 Å². The smallest absolute Gasteiger partial charge is 0.0453 e. The maximum Gasteiger partial charge on any atom is 0.0453 e. The third-order valence-corrected chi connectivity index (χ3v) is 4.23. The minimum Gasteiger partial charge on any atom is -0.326 e. The van der Waals surface area contributed by atoms with Crippen molar-refractivity contribution in [2.75, 3.05) is 13.6 Å². The normalized spacial score (nSPS) is 16.6. The van der Waals surface area contributed by atoms with E-state index in [0.29, 0.717) is 5.92 Å². The van der Waals surface area contributed by atoms with Crippen molar-refractivity contribution in [3.05, 3.63) is 34.9 Å². The molecule has 0 spiro atoms. The maximum absolute atomic E-state index is 6.23. The molecule has 0 amide bonds. The van der Waals surface area contributed by atoms with Crippen LogP contribution in [0.4, 0.5) is 0 Å². The van der Waals surface area contributed by atoms with E-state index in [2.05, 4.69) is 38.8 Å². The van der Waals surface area contributed by atoms with Crippen molar-refractivity contribution in [1.29, 1.82) is 0 Å². The van der Waals surface area contributed by atoms with Gasteiger partial charge in [0.05, 0.1) is 0 Å². The van der Waals surface area contributed by atoms with E-state index in [-0.39, 0.29) is 12.1 Å². The first kappa shape index (κ1) is 15.5. The molecular formula is C15H25ClN2. The first-order valence-corrected chi connectivity index (χ1v) is 7.05. The summed E-state index contributed by atoms with van der Waals surface area (Å²) < 4.78 is 0. The lowest BCUT2D eigenvalue weighted by molar-refractivity contribution is 0.222. The van der Waals surface area contributed by atoms with Crippen LogP contribution in [0.5, 0.6) is 0 Å². The summed E-state index contributed by atoms with van der Waals surface area (Å²) in [7, 11) is 2.11. The number of benzene rings is 1. The van der Waals surface area contributed by atoms with Gasteiger partial charge in [0, 0.05) is 23.7 Å². The van der Waals surface area contributed by atoms with Crippen LogP contribution in [0.1, 0.15) is 38.8 Å². The molecule has 0 radical (unpaired) electrons. The number of rotatable bonds is 6. The molecule has 2 nitrogen and oxygen atoms in total. The lowest BCUT2D eigenvalue weighted by Crippen LogP contribution is -2.40. The number of hydrogen-bond donors (Lipinski definition) is 1. The average Bonchev–Trinajstić information content (AvgIpc) is 2.37. The molecule has 0 saturated heterocycles. The number of halogens is 1. The predicted octanol–water partition coefficient (Wildman–Crippen LogP) is 3.71. The van der Waals surface area contributed by atoms with Crippen LogP contribution in [0.25, 0.3) is 0 Å². The number of likely N-dealkylation sites (N-methyl/N-ethyl adjacent to an activating group) is 1. The zero-order valence-electron chi connectivity index (χ0n) is 11.9.